The maximum absolute atomic E-state index is 12.2. The Hall–Kier alpha value is -2.69. The monoisotopic (exact) mass is 342 g/mol. The van der Waals surface area contributed by atoms with Crippen LogP contribution in [-0.4, -0.2) is 24.7 Å². The number of benzene rings is 2. The number of ether oxygens (including phenoxy) is 2. The normalized spacial score (nSPS) is 10.6. The van der Waals surface area contributed by atoms with E-state index in [1.165, 1.54) is 0 Å². The van der Waals surface area contributed by atoms with Gasteiger partial charge in [0.2, 0.25) is 5.91 Å². The van der Waals surface area contributed by atoms with E-state index in [1.807, 2.05) is 76.2 Å². The van der Waals surface area contributed by atoms with Gasteiger partial charge in [-0.1, -0.05) is 18.2 Å². The van der Waals surface area contributed by atoms with Crippen LogP contribution in [0.3, 0.4) is 0 Å². The lowest BCUT2D eigenvalue weighted by Crippen LogP contribution is -2.22. The van der Waals surface area contributed by atoms with Gasteiger partial charge < -0.3 is 20.1 Å². The van der Waals surface area contributed by atoms with Crippen LogP contribution in [0.4, 0.5) is 11.4 Å². The summed E-state index contributed by atoms with van der Waals surface area (Å²) in [5, 5.41) is 5.98. The number of hydrogen-bond acceptors (Lipinski definition) is 4. The molecule has 0 bridgehead atoms. The number of hydrogen-bond donors (Lipinski definition) is 2. The van der Waals surface area contributed by atoms with Crippen LogP contribution < -0.4 is 20.1 Å². The van der Waals surface area contributed by atoms with Crippen molar-refractivity contribution in [1.82, 2.24) is 0 Å². The van der Waals surface area contributed by atoms with Crippen LogP contribution in [0.25, 0.3) is 0 Å². The van der Waals surface area contributed by atoms with Crippen molar-refractivity contribution in [3.8, 4) is 11.5 Å². The fourth-order valence-electron chi connectivity index (χ4n) is 2.27. The largest absolute Gasteiger partial charge is 0.491 e. The topological polar surface area (TPSA) is 59.6 Å². The first kappa shape index (κ1) is 18.6. The number of anilines is 2. The van der Waals surface area contributed by atoms with Gasteiger partial charge >= 0.3 is 0 Å². The van der Waals surface area contributed by atoms with Gasteiger partial charge in [0.25, 0.3) is 0 Å². The molecule has 0 aliphatic heterocycles. The van der Waals surface area contributed by atoms with Crippen LogP contribution in [0.2, 0.25) is 0 Å². The molecular weight excluding hydrogens is 316 g/mol. The Labute approximate surface area is 149 Å². The summed E-state index contributed by atoms with van der Waals surface area (Å²) in [4.78, 5) is 12.2. The van der Waals surface area contributed by atoms with Crippen LogP contribution in [0.1, 0.15) is 27.7 Å². The molecule has 0 saturated heterocycles. The minimum atomic E-state index is -0.138. The quantitative estimate of drug-likeness (QED) is 0.750. The predicted octanol–water partition coefficient (Wildman–Crippen LogP) is 4.31. The molecule has 5 nitrogen and oxygen atoms in total. The standard InChI is InChI=1S/C20H26N2O3/c1-14(2)24-17-9-7-8-16(12-17)22-20(23)13-21-18-10-5-6-11-19(18)25-15(3)4/h5-12,14-15,21H,13H2,1-4H3,(H,22,23). The van der Waals surface area contributed by atoms with Crippen LogP contribution in [0, 0.1) is 0 Å². The second-order valence-electron chi connectivity index (χ2n) is 6.26. The molecule has 0 saturated carbocycles. The van der Waals surface area contributed by atoms with Crippen molar-refractivity contribution in [2.45, 2.75) is 39.9 Å². The molecule has 2 aromatic rings. The van der Waals surface area contributed by atoms with Gasteiger partial charge in [0.1, 0.15) is 11.5 Å². The van der Waals surface area contributed by atoms with Crippen LogP contribution in [0.15, 0.2) is 48.5 Å². The highest BCUT2D eigenvalue weighted by Gasteiger charge is 2.08. The van der Waals surface area contributed by atoms with Crippen LogP contribution >= 0.6 is 0 Å². The molecule has 25 heavy (non-hydrogen) atoms. The molecule has 0 spiro atoms. The molecule has 0 radical (unpaired) electrons. The van der Waals surface area contributed by atoms with Crippen molar-refractivity contribution in [2.75, 3.05) is 17.2 Å². The Morgan fingerprint density at radius 1 is 0.960 bits per heavy atom. The first-order valence-electron chi connectivity index (χ1n) is 8.50. The maximum Gasteiger partial charge on any atom is 0.243 e. The minimum Gasteiger partial charge on any atom is -0.491 e. The zero-order valence-electron chi connectivity index (χ0n) is 15.2. The summed E-state index contributed by atoms with van der Waals surface area (Å²) in [5.74, 6) is 1.33. The van der Waals surface area contributed by atoms with Crippen molar-refractivity contribution in [3.63, 3.8) is 0 Å². The van der Waals surface area contributed by atoms with E-state index >= 15 is 0 Å². The zero-order chi connectivity index (χ0) is 18.2. The van der Waals surface area contributed by atoms with E-state index in [4.69, 9.17) is 9.47 Å². The Kier molecular flexibility index (Phi) is 6.69. The molecule has 134 valence electrons. The average molecular weight is 342 g/mol. The van der Waals surface area contributed by atoms with E-state index in [2.05, 4.69) is 10.6 Å². The summed E-state index contributed by atoms with van der Waals surface area (Å²) in [6.45, 7) is 8.01. The average Bonchev–Trinajstić information content (AvgIpc) is 2.53. The highest BCUT2D eigenvalue weighted by atomic mass is 16.5. The summed E-state index contributed by atoms with van der Waals surface area (Å²) >= 11 is 0. The number of para-hydroxylation sites is 2. The summed E-state index contributed by atoms with van der Waals surface area (Å²) in [5.41, 5.74) is 1.50. The van der Waals surface area contributed by atoms with Gasteiger partial charge in [0.15, 0.2) is 0 Å². The van der Waals surface area contributed by atoms with Gasteiger partial charge in [0.05, 0.1) is 24.4 Å². The van der Waals surface area contributed by atoms with Crippen LogP contribution in [-0.2, 0) is 4.79 Å². The molecule has 0 aliphatic rings. The second-order valence-corrected chi connectivity index (χ2v) is 6.26. The van der Waals surface area contributed by atoms with Crippen molar-refractivity contribution in [1.29, 1.82) is 0 Å². The molecule has 0 aromatic heterocycles. The van der Waals surface area contributed by atoms with Crippen molar-refractivity contribution < 1.29 is 14.3 Å². The molecule has 0 fully saturated rings. The molecule has 0 atom stereocenters. The van der Waals surface area contributed by atoms with Crippen molar-refractivity contribution in [2.24, 2.45) is 0 Å². The number of carbonyl (C=O) groups excluding carboxylic acids is 1. The molecule has 0 heterocycles. The first-order chi connectivity index (χ1) is 11.9. The summed E-state index contributed by atoms with van der Waals surface area (Å²) < 4.78 is 11.4. The molecule has 0 aliphatic carbocycles. The first-order valence-corrected chi connectivity index (χ1v) is 8.50. The maximum atomic E-state index is 12.2. The SMILES string of the molecule is CC(C)Oc1cccc(NC(=O)CNc2ccccc2OC(C)C)c1. The van der Waals surface area contributed by atoms with Gasteiger partial charge in [-0.25, -0.2) is 0 Å². The molecule has 2 rings (SSSR count). The van der Waals surface area contributed by atoms with Crippen molar-refractivity contribution >= 4 is 17.3 Å². The van der Waals surface area contributed by atoms with E-state index in [-0.39, 0.29) is 24.7 Å². The van der Waals surface area contributed by atoms with E-state index in [0.29, 0.717) is 5.69 Å². The van der Waals surface area contributed by atoms with E-state index in [9.17, 15) is 4.79 Å². The fraction of sp³-hybridized carbons (Fsp3) is 0.350. The molecular formula is C20H26N2O3. The van der Waals surface area contributed by atoms with Crippen LogP contribution in [0.5, 0.6) is 11.5 Å². The predicted molar refractivity (Wildman–Crippen MR) is 102 cm³/mol. The Bertz CT molecular complexity index is 699. The van der Waals surface area contributed by atoms with E-state index < -0.39 is 0 Å². The lowest BCUT2D eigenvalue weighted by Gasteiger charge is -2.15. The smallest absolute Gasteiger partial charge is 0.243 e. The fourth-order valence-corrected chi connectivity index (χ4v) is 2.27. The Balaban J connectivity index is 1.93. The van der Waals surface area contributed by atoms with Gasteiger partial charge in [-0.3, -0.25) is 4.79 Å². The zero-order valence-corrected chi connectivity index (χ0v) is 15.2. The molecule has 0 unspecified atom stereocenters. The van der Waals surface area contributed by atoms with Gasteiger partial charge in [0, 0.05) is 11.8 Å². The second kappa shape index (κ2) is 8.97. The molecule has 2 N–H and O–H groups in total. The number of rotatable bonds is 8. The number of nitrogens with one attached hydrogen (secondary N) is 2. The highest BCUT2D eigenvalue weighted by molar-refractivity contribution is 5.94. The molecule has 2 aromatic carbocycles. The lowest BCUT2D eigenvalue weighted by molar-refractivity contribution is -0.114. The highest BCUT2D eigenvalue weighted by Crippen LogP contribution is 2.24. The summed E-state index contributed by atoms with van der Waals surface area (Å²) in [6, 6.07) is 15.0. The van der Waals surface area contributed by atoms with Crippen molar-refractivity contribution in [3.05, 3.63) is 48.5 Å². The van der Waals surface area contributed by atoms with Gasteiger partial charge in [-0.2, -0.15) is 0 Å². The third-order valence-electron chi connectivity index (χ3n) is 3.18. The lowest BCUT2D eigenvalue weighted by atomic mass is 10.2. The molecule has 5 heteroatoms. The minimum absolute atomic E-state index is 0.0699. The summed E-state index contributed by atoms with van der Waals surface area (Å²) in [6.07, 6.45) is 0.158. The van der Waals surface area contributed by atoms with E-state index in [0.717, 1.165) is 17.2 Å². The Morgan fingerprint density at radius 2 is 1.68 bits per heavy atom. The summed E-state index contributed by atoms with van der Waals surface area (Å²) in [7, 11) is 0. The number of amides is 1. The number of carbonyl (C=O) groups is 1. The van der Waals surface area contributed by atoms with Gasteiger partial charge in [-0.15, -0.1) is 0 Å². The van der Waals surface area contributed by atoms with Gasteiger partial charge in [-0.05, 0) is 52.0 Å². The molecule has 1 amide bonds. The third-order valence-corrected chi connectivity index (χ3v) is 3.18. The van der Waals surface area contributed by atoms with E-state index in [1.54, 1.807) is 0 Å². The third kappa shape index (κ3) is 6.37. The Morgan fingerprint density at radius 3 is 2.40 bits per heavy atom.